The highest BCUT2D eigenvalue weighted by Crippen LogP contribution is 2.23. The van der Waals surface area contributed by atoms with Gasteiger partial charge in [0.25, 0.3) is 5.91 Å². The average Bonchev–Trinajstić information content (AvgIpc) is 3.27. The number of anilines is 1. The standard InChI is InChI=1S/C27H28N4OS/c32-27(29-23-8-6-7-21(17-23)18-30-14-3-1-4-15-30)22-10-12-25(13-11-22)33-20-24-19-31-16-5-2-9-26(31)28-24/h2,5-13,16-17,19H,1,3-4,14-15,18,20H2,(H,29,32). The van der Waals surface area contributed by atoms with Gasteiger partial charge in [-0.15, -0.1) is 11.8 Å². The Labute approximate surface area is 198 Å². The highest BCUT2D eigenvalue weighted by atomic mass is 32.2. The number of hydrogen-bond donors (Lipinski definition) is 1. The maximum atomic E-state index is 12.8. The third-order valence-electron chi connectivity index (χ3n) is 5.96. The van der Waals surface area contributed by atoms with Crippen molar-refractivity contribution >= 4 is 29.0 Å². The molecule has 1 saturated heterocycles. The molecule has 2 aromatic heterocycles. The van der Waals surface area contributed by atoms with E-state index in [1.54, 1.807) is 11.8 Å². The SMILES string of the molecule is O=C(Nc1cccc(CN2CCCCC2)c1)c1ccc(SCc2cn3ccccc3n2)cc1. The van der Waals surface area contributed by atoms with Crippen LogP contribution in [0, 0.1) is 0 Å². The zero-order valence-electron chi connectivity index (χ0n) is 18.6. The number of thioether (sulfide) groups is 1. The number of nitrogens with one attached hydrogen (secondary N) is 1. The lowest BCUT2D eigenvalue weighted by Gasteiger charge is -2.26. The summed E-state index contributed by atoms with van der Waals surface area (Å²) in [4.78, 5) is 21.0. The van der Waals surface area contributed by atoms with Gasteiger partial charge >= 0.3 is 0 Å². The first-order valence-corrected chi connectivity index (χ1v) is 12.5. The van der Waals surface area contributed by atoms with Crippen LogP contribution in [0.5, 0.6) is 0 Å². The van der Waals surface area contributed by atoms with E-state index in [1.807, 2.05) is 65.2 Å². The quantitative estimate of drug-likeness (QED) is 0.354. The zero-order valence-corrected chi connectivity index (χ0v) is 19.4. The van der Waals surface area contributed by atoms with Crippen LogP contribution in [0.3, 0.4) is 0 Å². The highest BCUT2D eigenvalue weighted by Gasteiger charge is 2.12. The summed E-state index contributed by atoms with van der Waals surface area (Å²) in [6.45, 7) is 3.28. The Bertz CT molecular complexity index is 1200. The lowest BCUT2D eigenvalue weighted by Crippen LogP contribution is -2.29. The molecule has 6 heteroatoms. The van der Waals surface area contributed by atoms with Crippen LogP contribution < -0.4 is 5.32 Å². The molecular formula is C27H28N4OS. The molecule has 0 saturated carbocycles. The second-order valence-corrected chi connectivity index (χ2v) is 9.55. The van der Waals surface area contributed by atoms with Gasteiger partial charge in [0.1, 0.15) is 5.65 Å². The summed E-state index contributed by atoms with van der Waals surface area (Å²) >= 11 is 1.72. The lowest BCUT2D eigenvalue weighted by atomic mass is 10.1. The van der Waals surface area contributed by atoms with Gasteiger partial charge in [-0.1, -0.05) is 24.6 Å². The van der Waals surface area contributed by atoms with Gasteiger partial charge in [-0.05, 0) is 80.0 Å². The van der Waals surface area contributed by atoms with Gasteiger partial charge in [-0.25, -0.2) is 4.98 Å². The number of pyridine rings is 1. The van der Waals surface area contributed by atoms with Gasteiger partial charge in [0.15, 0.2) is 0 Å². The van der Waals surface area contributed by atoms with Gasteiger partial charge in [0.2, 0.25) is 0 Å². The largest absolute Gasteiger partial charge is 0.322 e. The van der Waals surface area contributed by atoms with Crippen LogP contribution in [0.15, 0.2) is 84.0 Å². The fraction of sp³-hybridized carbons (Fsp3) is 0.259. The number of piperidine rings is 1. The molecular weight excluding hydrogens is 428 g/mol. The molecule has 0 atom stereocenters. The average molecular weight is 457 g/mol. The topological polar surface area (TPSA) is 49.6 Å². The first-order chi connectivity index (χ1) is 16.2. The molecule has 0 radical (unpaired) electrons. The molecule has 1 amide bonds. The molecule has 1 N–H and O–H groups in total. The minimum atomic E-state index is -0.0815. The smallest absolute Gasteiger partial charge is 0.255 e. The zero-order chi connectivity index (χ0) is 22.5. The minimum Gasteiger partial charge on any atom is -0.322 e. The van der Waals surface area contributed by atoms with E-state index in [9.17, 15) is 4.79 Å². The van der Waals surface area contributed by atoms with Crippen molar-refractivity contribution in [1.29, 1.82) is 0 Å². The van der Waals surface area contributed by atoms with Gasteiger partial charge in [-0.2, -0.15) is 0 Å². The summed E-state index contributed by atoms with van der Waals surface area (Å²) < 4.78 is 2.03. The summed E-state index contributed by atoms with van der Waals surface area (Å²) in [5.74, 6) is 0.707. The van der Waals surface area contributed by atoms with Crippen LogP contribution in [0.2, 0.25) is 0 Å². The monoisotopic (exact) mass is 456 g/mol. The second-order valence-electron chi connectivity index (χ2n) is 8.50. The summed E-state index contributed by atoms with van der Waals surface area (Å²) in [6, 6.07) is 22.0. The van der Waals surface area contributed by atoms with Gasteiger partial charge < -0.3 is 9.72 Å². The molecule has 1 aliphatic heterocycles. The van der Waals surface area contributed by atoms with Crippen LogP contribution in [0.25, 0.3) is 5.65 Å². The Kier molecular flexibility index (Phi) is 6.74. The molecule has 5 nitrogen and oxygen atoms in total. The Morgan fingerprint density at radius 1 is 0.970 bits per heavy atom. The molecule has 0 bridgehead atoms. The van der Waals surface area contributed by atoms with Crippen molar-refractivity contribution < 1.29 is 4.79 Å². The Morgan fingerprint density at radius 3 is 2.64 bits per heavy atom. The predicted molar refractivity (Wildman–Crippen MR) is 135 cm³/mol. The number of amides is 1. The number of carbonyl (C=O) groups excluding carboxylic acids is 1. The summed E-state index contributed by atoms with van der Waals surface area (Å²) in [5.41, 5.74) is 4.75. The first kappa shape index (κ1) is 21.7. The lowest BCUT2D eigenvalue weighted by molar-refractivity contribution is 0.102. The third-order valence-corrected chi connectivity index (χ3v) is 7.00. The fourth-order valence-electron chi connectivity index (χ4n) is 4.24. The number of aromatic nitrogens is 2. The van der Waals surface area contributed by atoms with Gasteiger partial charge in [0, 0.05) is 40.8 Å². The van der Waals surface area contributed by atoms with Crippen LogP contribution in [0.1, 0.15) is 40.9 Å². The molecule has 1 aliphatic rings. The molecule has 3 heterocycles. The van der Waals surface area contributed by atoms with Crippen molar-refractivity contribution in [3.05, 3.63) is 95.9 Å². The van der Waals surface area contributed by atoms with Crippen molar-refractivity contribution in [2.75, 3.05) is 18.4 Å². The third kappa shape index (κ3) is 5.64. The number of nitrogens with zero attached hydrogens (tertiary/aromatic N) is 3. The minimum absolute atomic E-state index is 0.0815. The van der Waals surface area contributed by atoms with Crippen LogP contribution in [-0.2, 0) is 12.3 Å². The van der Waals surface area contributed by atoms with Crippen LogP contribution >= 0.6 is 11.8 Å². The van der Waals surface area contributed by atoms with E-state index < -0.39 is 0 Å². The molecule has 4 aromatic rings. The van der Waals surface area contributed by atoms with Crippen molar-refractivity contribution in [3.8, 4) is 0 Å². The molecule has 5 rings (SSSR count). The fourth-order valence-corrected chi connectivity index (χ4v) is 5.03. The number of likely N-dealkylation sites (tertiary alicyclic amines) is 1. The molecule has 168 valence electrons. The van der Waals surface area contributed by atoms with Crippen molar-refractivity contribution in [2.45, 2.75) is 36.5 Å². The Morgan fingerprint density at radius 2 is 1.82 bits per heavy atom. The Hall–Kier alpha value is -3.09. The Balaban J connectivity index is 1.17. The van der Waals surface area contributed by atoms with Crippen molar-refractivity contribution in [1.82, 2.24) is 14.3 Å². The van der Waals surface area contributed by atoms with Gasteiger partial charge in [-0.3, -0.25) is 9.69 Å². The number of hydrogen-bond acceptors (Lipinski definition) is 4. The second kappa shape index (κ2) is 10.2. The molecule has 2 aromatic carbocycles. The number of fused-ring (bicyclic) bond motifs is 1. The van der Waals surface area contributed by atoms with Crippen molar-refractivity contribution in [2.24, 2.45) is 0 Å². The van der Waals surface area contributed by atoms with Crippen molar-refractivity contribution in [3.63, 3.8) is 0 Å². The maximum absolute atomic E-state index is 12.8. The van der Waals surface area contributed by atoms with Gasteiger partial charge in [0.05, 0.1) is 5.69 Å². The summed E-state index contributed by atoms with van der Waals surface area (Å²) in [5, 5.41) is 3.05. The number of carbonyl (C=O) groups is 1. The summed E-state index contributed by atoms with van der Waals surface area (Å²) in [7, 11) is 0. The molecule has 1 fully saturated rings. The number of rotatable bonds is 7. The normalized spacial score (nSPS) is 14.4. The molecule has 0 unspecified atom stereocenters. The number of benzene rings is 2. The molecule has 33 heavy (non-hydrogen) atoms. The van der Waals surface area contributed by atoms with E-state index >= 15 is 0 Å². The van der Waals surface area contributed by atoms with E-state index in [1.165, 1.54) is 24.8 Å². The van der Waals surface area contributed by atoms with E-state index in [2.05, 4.69) is 33.5 Å². The maximum Gasteiger partial charge on any atom is 0.255 e. The number of imidazole rings is 1. The van der Waals surface area contributed by atoms with E-state index in [4.69, 9.17) is 0 Å². The van der Waals surface area contributed by atoms with E-state index in [-0.39, 0.29) is 5.91 Å². The van der Waals surface area contributed by atoms with Crippen LogP contribution in [-0.4, -0.2) is 33.3 Å². The summed E-state index contributed by atoms with van der Waals surface area (Å²) in [6.07, 6.45) is 7.97. The van der Waals surface area contributed by atoms with E-state index in [0.717, 1.165) is 47.3 Å². The molecule has 0 aliphatic carbocycles. The van der Waals surface area contributed by atoms with E-state index in [0.29, 0.717) is 5.56 Å². The first-order valence-electron chi connectivity index (χ1n) is 11.5. The predicted octanol–water partition coefficient (Wildman–Crippen LogP) is 5.86. The highest BCUT2D eigenvalue weighted by molar-refractivity contribution is 7.98. The van der Waals surface area contributed by atoms with Crippen LogP contribution in [0.4, 0.5) is 5.69 Å². The molecule has 0 spiro atoms.